The van der Waals surface area contributed by atoms with Crippen LogP contribution >= 0.6 is 0 Å². The second kappa shape index (κ2) is 17.3. The fourth-order valence-corrected chi connectivity index (χ4v) is 2.58. The van der Waals surface area contributed by atoms with Crippen LogP contribution in [0.1, 0.15) is 78.6 Å². The van der Waals surface area contributed by atoms with E-state index in [9.17, 15) is 4.79 Å². The normalized spacial score (nSPS) is 13.9. The van der Waals surface area contributed by atoms with Gasteiger partial charge in [0.25, 0.3) is 0 Å². The molecule has 0 aliphatic carbocycles. The highest BCUT2D eigenvalue weighted by Crippen LogP contribution is 2.17. The van der Waals surface area contributed by atoms with E-state index in [1.165, 1.54) is 25.7 Å². The number of aliphatic carboxylic acids is 1. The van der Waals surface area contributed by atoms with Gasteiger partial charge in [-0.1, -0.05) is 82.2 Å². The van der Waals surface area contributed by atoms with Crippen LogP contribution in [0.2, 0.25) is 0 Å². The van der Waals surface area contributed by atoms with Crippen LogP contribution < -0.4 is 0 Å². The summed E-state index contributed by atoms with van der Waals surface area (Å²) in [7, 11) is 0. The third kappa shape index (κ3) is 15.7. The largest absolute Gasteiger partial charge is 0.481 e. The molecule has 0 aromatic rings. The number of hydrogen-bond donors (Lipinski definition) is 1. The molecule has 2 heteroatoms. The second-order valence-corrected chi connectivity index (χ2v) is 6.85. The van der Waals surface area contributed by atoms with Crippen LogP contribution in [-0.4, -0.2) is 11.1 Å². The molecule has 0 aliphatic heterocycles. The summed E-state index contributed by atoms with van der Waals surface area (Å²) in [6, 6.07) is 0. The fourth-order valence-electron chi connectivity index (χ4n) is 2.58. The van der Waals surface area contributed by atoms with Gasteiger partial charge in [-0.2, -0.15) is 0 Å². The molecule has 0 saturated heterocycles. The van der Waals surface area contributed by atoms with Gasteiger partial charge in [0.05, 0.1) is 5.92 Å². The molecule has 1 N–H and O–H groups in total. The van der Waals surface area contributed by atoms with Gasteiger partial charge in [0.1, 0.15) is 0 Å². The van der Waals surface area contributed by atoms with Gasteiger partial charge >= 0.3 is 5.97 Å². The number of carboxylic acid groups (broad SMARTS) is 1. The van der Waals surface area contributed by atoms with E-state index in [4.69, 9.17) is 5.11 Å². The van der Waals surface area contributed by atoms with E-state index >= 15 is 0 Å². The zero-order valence-electron chi connectivity index (χ0n) is 16.5. The summed E-state index contributed by atoms with van der Waals surface area (Å²) in [4.78, 5) is 11.1. The lowest BCUT2D eigenvalue weighted by atomic mass is 9.91. The van der Waals surface area contributed by atoms with E-state index in [2.05, 4.69) is 55.5 Å². The van der Waals surface area contributed by atoms with E-state index < -0.39 is 5.97 Å². The molecule has 0 aromatic heterocycles. The summed E-state index contributed by atoms with van der Waals surface area (Å²) >= 11 is 0. The van der Waals surface area contributed by atoms with Gasteiger partial charge in [-0.05, 0) is 50.9 Å². The van der Waals surface area contributed by atoms with E-state index in [1.807, 2.05) is 13.8 Å². The quantitative estimate of drug-likeness (QED) is 0.254. The smallest absolute Gasteiger partial charge is 0.306 e. The maximum Gasteiger partial charge on any atom is 0.306 e. The van der Waals surface area contributed by atoms with E-state index in [-0.39, 0.29) is 11.8 Å². The van der Waals surface area contributed by atoms with Crippen molar-refractivity contribution in [3.63, 3.8) is 0 Å². The van der Waals surface area contributed by atoms with Gasteiger partial charge in [-0.3, -0.25) is 4.79 Å². The second-order valence-electron chi connectivity index (χ2n) is 6.85. The first-order valence-electron chi connectivity index (χ1n) is 9.92. The Morgan fingerprint density at radius 1 is 0.800 bits per heavy atom. The highest BCUT2D eigenvalue weighted by molar-refractivity contribution is 5.70. The summed E-state index contributed by atoms with van der Waals surface area (Å²) in [6.07, 6.45) is 27.2. The van der Waals surface area contributed by atoms with Crippen LogP contribution in [0.3, 0.4) is 0 Å². The summed E-state index contributed by atoms with van der Waals surface area (Å²) < 4.78 is 0. The SMILES string of the molecule is CCCCC/C=C\C/C=C\C/C=C\C/C=C\CCC(C(=O)O)C(C)C. The van der Waals surface area contributed by atoms with Crippen molar-refractivity contribution >= 4 is 5.97 Å². The van der Waals surface area contributed by atoms with E-state index in [1.54, 1.807) is 0 Å². The monoisotopic (exact) mass is 346 g/mol. The molecule has 0 aliphatic rings. The lowest BCUT2D eigenvalue weighted by molar-refractivity contribution is -0.143. The third-order valence-corrected chi connectivity index (χ3v) is 4.22. The average molecular weight is 347 g/mol. The molecule has 0 aromatic carbocycles. The molecule has 142 valence electrons. The Kier molecular flexibility index (Phi) is 16.2. The predicted octanol–water partition coefficient (Wildman–Crippen LogP) is 7.10. The summed E-state index contributed by atoms with van der Waals surface area (Å²) in [5, 5.41) is 9.12. The molecule has 0 amide bonds. The minimum absolute atomic E-state index is 0.198. The Hall–Kier alpha value is -1.57. The summed E-state index contributed by atoms with van der Waals surface area (Å²) in [5.41, 5.74) is 0. The van der Waals surface area contributed by atoms with Gasteiger partial charge < -0.3 is 5.11 Å². The van der Waals surface area contributed by atoms with Crippen LogP contribution in [-0.2, 0) is 4.79 Å². The topological polar surface area (TPSA) is 37.3 Å². The zero-order valence-corrected chi connectivity index (χ0v) is 16.5. The number of hydrogen-bond acceptors (Lipinski definition) is 1. The standard InChI is InChI=1S/C23H38O2/c1-4-5-6-7-8-9-10-11-12-13-14-15-16-17-18-19-20-22(21(2)3)23(24)25/h8-9,11-12,14-15,17-18,21-22H,4-7,10,13,16,19-20H2,1-3H3,(H,24,25)/b9-8-,12-11-,15-14-,18-17-. The fraction of sp³-hybridized carbons (Fsp3) is 0.609. The van der Waals surface area contributed by atoms with E-state index in [0.717, 1.165) is 32.1 Å². The molecule has 25 heavy (non-hydrogen) atoms. The van der Waals surface area contributed by atoms with Crippen molar-refractivity contribution in [2.75, 3.05) is 0 Å². The molecule has 0 rings (SSSR count). The molecule has 0 bridgehead atoms. The number of unbranched alkanes of at least 4 members (excludes halogenated alkanes) is 3. The molecular formula is C23H38O2. The first kappa shape index (κ1) is 23.4. The van der Waals surface area contributed by atoms with Gasteiger partial charge in [0.2, 0.25) is 0 Å². The highest BCUT2D eigenvalue weighted by Gasteiger charge is 2.19. The minimum atomic E-state index is -0.675. The Balaban J connectivity index is 3.65. The number of carbonyl (C=O) groups is 1. The van der Waals surface area contributed by atoms with Crippen molar-refractivity contribution in [3.05, 3.63) is 48.6 Å². The molecule has 1 atom stereocenters. The van der Waals surface area contributed by atoms with Crippen molar-refractivity contribution < 1.29 is 9.90 Å². The van der Waals surface area contributed by atoms with Crippen LogP contribution in [0.25, 0.3) is 0 Å². The number of rotatable bonds is 15. The zero-order chi connectivity index (χ0) is 18.8. The van der Waals surface area contributed by atoms with Crippen LogP contribution in [0.5, 0.6) is 0 Å². The molecule has 0 heterocycles. The first-order valence-corrected chi connectivity index (χ1v) is 9.92. The Morgan fingerprint density at radius 2 is 1.28 bits per heavy atom. The minimum Gasteiger partial charge on any atom is -0.481 e. The Morgan fingerprint density at radius 3 is 1.72 bits per heavy atom. The van der Waals surface area contributed by atoms with Crippen molar-refractivity contribution in [1.29, 1.82) is 0 Å². The van der Waals surface area contributed by atoms with Crippen LogP contribution in [0.15, 0.2) is 48.6 Å². The highest BCUT2D eigenvalue weighted by atomic mass is 16.4. The van der Waals surface area contributed by atoms with E-state index in [0.29, 0.717) is 0 Å². The van der Waals surface area contributed by atoms with Crippen molar-refractivity contribution in [3.8, 4) is 0 Å². The maximum absolute atomic E-state index is 11.1. The summed E-state index contributed by atoms with van der Waals surface area (Å²) in [5.74, 6) is -0.708. The maximum atomic E-state index is 11.1. The molecule has 0 fully saturated rings. The number of allylic oxidation sites excluding steroid dienone is 8. The molecule has 0 saturated carbocycles. The molecule has 1 unspecified atom stereocenters. The van der Waals surface area contributed by atoms with Crippen molar-refractivity contribution in [2.45, 2.75) is 78.6 Å². The Labute approximate surface area is 155 Å². The first-order chi connectivity index (χ1) is 12.1. The van der Waals surface area contributed by atoms with Crippen LogP contribution in [0, 0.1) is 11.8 Å². The lowest BCUT2D eigenvalue weighted by Crippen LogP contribution is -2.19. The molecular weight excluding hydrogens is 308 g/mol. The van der Waals surface area contributed by atoms with Crippen molar-refractivity contribution in [1.82, 2.24) is 0 Å². The molecule has 2 nitrogen and oxygen atoms in total. The van der Waals surface area contributed by atoms with Crippen LogP contribution in [0.4, 0.5) is 0 Å². The average Bonchev–Trinajstić information content (AvgIpc) is 2.57. The van der Waals surface area contributed by atoms with Crippen molar-refractivity contribution in [2.24, 2.45) is 11.8 Å². The Bertz CT molecular complexity index is 427. The van der Waals surface area contributed by atoms with Gasteiger partial charge in [0.15, 0.2) is 0 Å². The summed E-state index contributed by atoms with van der Waals surface area (Å²) in [6.45, 7) is 6.18. The van der Waals surface area contributed by atoms with Gasteiger partial charge in [-0.25, -0.2) is 0 Å². The lowest BCUT2D eigenvalue weighted by Gasteiger charge is -2.14. The predicted molar refractivity (Wildman–Crippen MR) is 110 cm³/mol. The third-order valence-electron chi connectivity index (χ3n) is 4.22. The molecule has 0 spiro atoms. The number of carboxylic acids is 1. The molecule has 0 radical (unpaired) electrons. The van der Waals surface area contributed by atoms with Gasteiger partial charge in [0, 0.05) is 0 Å². The van der Waals surface area contributed by atoms with Gasteiger partial charge in [-0.15, -0.1) is 0 Å².